The molecule has 0 spiro atoms. The maximum Gasteiger partial charge on any atom is 0.196 e. The minimum absolute atomic E-state index is 0.0745. The Morgan fingerprint density at radius 2 is 1.96 bits per heavy atom. The van der Waals surface area contributed by atoms with Gasteiger partial charge in [-0.2, -0.15) is 0 Å². The van der Waals surface area contributed by atoms with Gasteiger partial charge in [0.2, 0.25) is 0 Å². The number of aromatic nitrogens is 3. The highest BCUT2D eigenvalue weighted by atomic mass is 32.2. The second-order valence-electron chi connectivity index (χ2n) is 6.17. The normalized spacial score (nSPS) is 10.9. The predicted molar refractivity (Wildman–Crippen MR) is 103 cm³/mol. The van der Waals surface area contributed by atoms with E-state index in [0.717, 1.165) is 11.4 Å². The van der Waals surface area contributed by atoms with Crippen LogP contribution in [-0.2, 0) is 0 Å². The first-order chi connectivity index (χ1) is 12.6. The third-order valence-corrected chi connectivity index (χ3v) is 5.02. The molecule has 6 heteroatoms. The van der Waals surface area contributed by atoms with E-state index in [1.54, 1.807) is 13.4 Å². The first kappa shape index (κ1) is 18.2. The van der Waals surface area contributed by atoms with Gasteiger partial charge in [0.05, 0.1) is 18.6 Å². The molecule has 3 aromatic rings. The van der Waals surface area contributed by atoms with Crippen molar-refractivity contribution in [1.29, 1.82) is 0 Å². The molecule has 0 bridgehead atoms. The Kier molecular flexibility index (Phi) is 5.73. The summed E-state index contributed by atoms with van der Waals surface area (Å²) in [6, 6.07) is 15.5. The van der Waals surface area contributed by atoms with Gasteiger partial charge in [0, 0.05) is 11.6 Å². The van der Waals surface area contributed by atoms with Crippen LogP contribution in [0.2, 0.25) is 0 Å². The molecule has 0 saturated heterocycles. The zero-order chi connectivity index (χ0) is 18.5. The lowest BCUT2D eigenvalue weighted by atomic mass is 10.0. The summed E-state index contributed by atoms with van der Waals surface area (Å²) < 4.78 is 7.11. The summed E-state index contributed by atoms with van der Waals surface area (Å²) in [5.74, 6) is 1.60. The zero-order valence-electron chi connectivity index (χ0n) is 15.0. The highest BCUT2D eigenvalue weighted by Crippen LogP contribution is 2.23. The molecule has 5 nitrogen and oxygen atoms in total. The van der Waals surface area contributed by atoms with Gasteiger partial charge >= 0.3 is 0 Å². The zero-order valence-corrected chi connectivity index (χ0v) is 15.9. The summed E-state index contributed by atoms with van der Waals surface area (Å²) in [4.78, 5) is 12.5. The van der Waals surface area contributed by atoms with Crippen molar-refractivity contribution in [1.82, 2.24) is 14.8 Å². The van der Waals surface area contributed by atoms with Crippen LogP contribution in [0.15, 0.2) is 60.0 Å². The Bertz CT molecular complexity index is 888. The van der Waals surface area contributed by atoms with E-state index in [1.807, 2.05) is 53.1 Å². The molecule has 0 unspecified atom stereocenters. The Labute approximate surface area is 157 Å². The minimum atomic E-state index is 0.0745. The number of rotatable bonds is 7. The third-order valence-electron chi connectivity index (χ3n) is 4.08. The van der Waals surface area contributed by atoms with Gasteiger partial charge in [0.15, 0.2) is 10.9 Å². The lowest BCUT2D eigenvalue weighted by Crippen LogP contribution is -2.04. The molecule has 0 amide bonds. The molecule has 2 aromatic carbocycles. The number of ether oxygens (including phenoxy) is 1. The van der Waals surface area contributed by atoms with Crippen molar-refractivity contribution in [3.8, 4) is 11.4 Å². The Balaban J connectivity index is 1.70. The SMILES string of the molecule is COc1cccc(-n2cnnc2SCC(=O)c2ccc(C(C)C)cc2)c1. The van der Waals surface area contributed by atoms with E-state index in [4.69, 9.17) is 4.74 Å². The van der Waals surface area contributed by atoms with Crippen LogP contribution >= 0.6 is 11.8 Å². The fourth-order valence-corrected chi connectivity index (χ4v) is 3.35. The molecule has 0 atom stereocenters. The number of thioether (sulfide) groups is 1. The highest BCUT2D eigenvalue weighted by Gasteiger charge is 2.12. The minimum Gasteiger partial charge on any atom is -0.497 e. The van der Waals surface area contributed by atoms with Gasteiger partial charge in [-0.15, -0.1) is 10.2 Å². The molecule has 26 heavy (non-hydrogen) atoms. The molecule has 0 N–H and O–H groups in total. The number of Topliss-reactive ketones (excluding diaryl/α,β-unsaturated/α-hetero) is 1. The lowest BCUT2D eigenvalue weighted by Gasteiger charge is -2.08. The van der Waals surface area contributed by atoms with Crippen molar-refractivity contribution < 1.29 is 9.53 Å². The number of methoxy groups -OCH3 is 1. The third kappa shape index (κ3) is 4.14. The van der Waals surface area contributed by atoms with Gasteiger partial charge in [0.1, 0.15) is 12.1 Å². The summed E-state index contributed by atoms with van der Waals surface area (Å²) >= 11 is 1.37. The van der Waals surface area contributed by atoms with Gasteiger partial charge < -0.3 is 4.74 Å². The average Bonchev–Trinajstić information content (AvgIpc) is 3.15. The van der Waals surface area contributed by atoms with Crippen molar-refractivity contribution in [3.05, 3.63) is 66.0 Å². The standard InChI is InChI=1S/C20H21N3O2S/c1-14(2)15-7-9-16(10-8-15)19(24)12-26-20-22-21-13-23(20)17-5-4-6-18(11-17)25-3/h4-11,13-14H,12H2,1-3H3. The fraction of sp³-hybridized carbons (Fsp3) is 0.250. The van der Waals surface area contributed by atoms with Gasteiger partial charge in [0.25, 0.3) is 0 Å². The summed E-state index contributed by atoms with van der Waals surface area (Å²) in [6.45, 7) is 4.27. The van der Waals surface area contributed by atoms with Crippen LogP contribution < -0.4 is 4.74 Å². The van der Waals surface area contributed by atoms with Crippen LogP contribution in [0.3, 0.4) is 0 Å². The van der Waals surface area contributed by atoms with E-state index in [0.29, 0.717) is 22.4 Å². The summed E-state index contributed by atoms with van der Waals surface area (Å²) in [5.41, 5.74) is 2.84. The molecular formula is C20H21N3O2S. The number of carbonyl (C=O) groups excluding carboxylic acids is 1. The van der Waals surface area contributed by atoms with E-state index < -0.39 is 0 Å². The summed E-state index contributed by atoms with van der Waals surface area (Å²) in [7, 11) is 1.63. The number of ketones is 1. The topological polar surface area (TPSA) is 57.0 Å². The predicted octanol–water partition coefficient (Wildman–Crippen LogP) is 4.37. The summed E-state index contributed by atoms with van der Waals surface area (Å²) in [5, 5.41) is 8.78. The maximum atomic E-state index is 12.5. The second kappa shape index (κ2) is 8.19. The van der Waals surface area contributed by atoms with Gasteiger partial charge in [-0.1, -0.05) is 55.9 Å². The smallest absolute Gasteiger partial charge is 0.196 e. The van der Waals surface area contributed by atoms with E-state index in [1.165, 1.54) is 17.3 Å². The van der Waals surface area contributed by atoms with Crippen LogP contribution in [-0.4, -0.2) is 33.4 Å². The number of nitrogens with zero attached hydrogens (tertiary/aromatic N) is 3. The quantitative estimate of drug-likeness (QED) is 0.458. The van der Waals surface area contributed by atoms with Gasteiger partial charge in [-0.25, -0.2) is 0 Å². The van der Waals surface area contributed by atoms with E-state index in [2.05, 4.69) is 24.0 Å². The maximum absolute atomic E-state index is 12.5. The van der Waals surface area contributed by atoms with Gasteiger partial charge in [-0.3, -0.25) is 9.36 Å². The van der Waals surface area contributed by atoms with Crippen LogP contribution in [0.5, 0.6) is 5.75 Å². The fourth-order valence-electron chi connectivity index (χ4n) is 2.53. The number of carbonyl (C=O) groups is 1. The van der Waals surface area contributed by atoms with Crippen LogP contribution in [0, 0.1) is 0 Å². The second-order valence-corrected chi connectivity index (χ2v) is 7.12. The van der Waals surface area contributed by atoms with E-state index >= 15 is 0 Å². The first-order valence-electron chi connectivity index (χ1n) is 8.39. The molecule has 1 aromatic heterocycles. The number of benzene rings is 2. The van der Waals surface area contributed by atoms with Crippen LogP contribution in [0.25, 0.3) is 5.69 Å². The van der Waals surface area contributed by atoms with Crippen LogP contribution in [0.1, 0.15) is 35.7 Å². The van der Waals surface area contributed by atoms with Crippen molar-refractivity contribution >= 4 is 17.5 Å². The molecule has 0 aliphatic carbocycles. The Hall–Kier alpha value is -2.60. The highest BCUT2D eigenvalue weighted by molar-refractivity contribution is 7.99. The molecule has 0 saturated carbocycles. The van der Waals surface area contributed by atoms with Crippen LogP contribution in [0.4, 0.5) is 0 Å². The van der Waals surface area contributed by atoms with Crippen molar-refractivity contribution in [2.75, 3.05) is 12.9 Å². The van der Waals surface area contributed by atoms with Crippen molar-refractivity contribution in [2.45, 2.75) is 24.9 Å². The first-order valence-corrected chi connectivity index (χ1v) is 9.37. The monoisotopic (exact) mass is 367 g/mol. The van der Waals surface area contributed by atoms with Crippen molar-refractivity contribution in [3.63, 3.8) is 0 Å². The van der Waals surface area contributed by atoms with E-state index in [-0.39, 0.29) is 5.78 Å². The largest absolute Gasteiger partial charge is 0.497 e. The molecule has 0 fully saturated rings. The number of hydrogen-bond donors (Lipinski definition) is 0. The molecule has 0 aliphatic rings. The lowest BCUT2D eigenvalue weighted by molar-refractivity contribution is 0.102. The molecular weight excluding hydrogens is 346 g/mol. The number of hydrogen-bond acceptors (Lipinski definition) is 5. The molecule has 1 heterocycles. The molecule has 0 aliphatic heterocycles. The summed E-state index contributed by atoms with van der Waals surface area (Å²) in [6.07, 6.45) is 1.64. The Morgan fingerprint density at radius 1 is 1.19 bits per heavy atom. The molecule has 0 radical (unpaired) electrons. The Morgan fingerprint density at radius 3 is 2.65 bits per heavy atom. The van der Waals surface area contributed by atoms with Gasteiger partial charge in [-0.05, 0) is 23.6 Å². The van der Waals surface area contributed by atoms with E-state index in [9.17, 15) is 4.79 Å². The molecule has 3 rings (SSSR count). The average molecular weight is 367 g/mol. The molecule has 134 valence electrons. The van der Waals surface area contributed by atoms with Crippen molar-refractivity contribution in [2.24, 2.45) is 0 Å².